The van der Waals surface area contributed by atoms with Crippen molar-refractivity contribution >= 4 is 10.8 Å². The van der Waals surface area contributed by atoms with Crippen LogP contribution in [-0.4, -0.2) is 57.6 Å². The van der Waals surface area contributed by atoms with E-state index >= 15 is 0 Å². The highest BCUT2D eigenvalue weighted by molar-refractivity contribution is 5.88. The fourth-order valence-electron chi connectivity index (χ4n) is 2.65. The monoisotopic (exact) mass is 301 g/mol. The molecule has 0 unspecified atom stereocenters. The lowest BCUT2D eigenvalue weighted by atomic mass is 10.1. The van der Waals surface area contributed by atoms with E-state index in [1.807, 2.05) is 24.3 Å². The molecule has 0 saturated carbocycles. The normalized spacial score (nSPS) is 16.0. The van der Waals surface area contributed by atoms with Gasteiger partial charge >= 0.3 is 0 Å². The van der Waals surface area contributed by atoms with Gasteiger partial charge in [-0.05, 0) is 11.5 Å². The molecule has 0 bridgehead atoms. The summed E-state index contributed by atoms with van der Waals surface area (Å²) >= 11 is 0. The second-order valence-electron chi connectivity index (χ2n) is 5.39. The van der Waals surface area contributed by atoms with E-state index in [1.54, 1.807) is 0 Å². The maximum absolute atomic E-state index is 5.85. The smallest absolute Gasteiger partial charge is 0.127 e. The molecule has 1 heterocycles. The maximum Gasteiger partial charge on any atom is 0.127 e. The minimum atomic E-state index is 0.580. The third-order valence-electron chi connectivity index (χ3n) is 3.89. The van der Waals surface area contributed by atoms with Gasteiger partial charge in [-0.2, -0.15) is 0 Å². The molecular formula is C18H23NO3. The molecule has 0 aliphatic carbocycles. The van der Waals surface area contributed by atoms with Gasteiger partial charge in [0, 0.05) is 25.0 Å². The first-order chi connectivity index (χ1) is 10.9. The number of morpholine rings is 1. The largest absolute Gasteiger partial charge is 0.491 e. The number of rotatable bonds is 7. The molecular weight excluding hydrogens is 278 g/mol. The van der Waals surface area contributed by atoms with Crippen molar-refractivity contribution < 1.29 is 14.2 Å². The Morgan fingerprint density at radius 3 is 2.64 bits per heavy atom. The van der Waals surface area contributed by atoms with Crippen molar-refractivity contribution in [3.8, 4) is 5.75 Å². The number of ether oxygens (including phenoxy) is 3. The molecule has 0 amide bonds. The lowest BCUT2D eigenvalue weighted by molar-refractivity contribution is 0.0171. The van der Waals surface area contributed by atoms with Crippen molar-refractivity contribution in [3.05, 3.63) is 42.5 Å². The molecule has 2 aromatic rings. The van der Waals surface area contributed by atoms with Crippen LogP contribution in [0.5, 0.6) is 5.75 Å². The Balaban J connectivity index is 1.37. The summed E-state index contributed by atoms with van der Waals surface area (Å²) in [6.45, 7) is 6.61. The highest BCUT2D eigenvalue weighted by Gasteiger charge is 2.09. The Bertz CT molecular complexity index is 576. The van der Waals surface area contributed by atoms with Gasteiger partial charge in [0.15, 0.2) is 0 Å². The molecule has 0 spiro atoms. The van der Waals surface area contributed by atoms with Gasteiger partial charge in [-0.1, -0.05) is 36.4 Å². The molecule has 1 saturated heterocycles. The lowest BCUT2D eigenvalue weighted by Crippen LogP contribution is -2.38. The minimum absolute atomic E-state index is 0.580. The van der Waals surface area contributed by atoms with Gasteiger partial charge in [0.05, 0.1) is 26.4 Å². The molecule has 4 nitrogen and oxygen atoms in total. The van der Waals surface area contributed by atoms with Crippen LogP contribution < -0.4 is 4.74 Å². The Morgan fingerprint density at radius 2 is 1.73 bits per heavy atom. The molecule has 0 aromatic heterocycles. The van der Waals surface area contributed by atoms with E-state index in [0.717, 1.165) is 50.6 Å². The molecule has 118 valence electrons. The quantitative estimate of drug-likeness (QED) is 0.736. The van der Waals surface area contributed by atoms with Crippen LogP contribution in [-0.2, 0) is 9.47 Å². The second-order valence-corrected chi connectivity index (χ2v) is 5.39. The van der Waals surface area contributed by atoms with Gasteiger partial charge in [0.1, 0.15) is 12.4 Å². The van der Waals surface area contributed by atoms with E-state index in [9.17, 15) is 0 Å². The highest BCUT2D eigenvalue weighted by Crippen LogP contribution is 2.24. The fraction of sp³-hybridized carbons (Fsp3) is 0.444. The zero-order valence-corrected chi connectivity index (χ0v) is 12.9. The van der Waals surface area contributed by atoms with E-state index in [2.05, 4.69) is 23.1 Å². The van der Waals surface area contributed by atoms with Crippen molar-refractivity contribution in [1.29, 1.82) is 0 Å². The van der Waals surface area contributed by atoms with Crippen molar-refractivity contribution in [2.45, 2.75) is 0 Å². The van der Waals surface area contributed by atoms with E-state index in [-0.39, 0.29) is 0 Å². The van der Waals surface area contributed by atoms with Crippen molar-refractivity contribution in [2.75, 3.05) is 52.7 Å². The van der Waals surface area contributed by atoms with Crippen molar-refractivity contribution in [1.82, 2.24) is 4.90 Å². The number of benzene rings is 2. The molecule has 1 fully saturated rings. The third kappa shape index (κ3) is 4.19. The number of hydrogen-bond acceptors (Lipinski definition) is 4. The predicted molar refractivity (Wildman–Crippen MR) is 87.5 cm³/mol. The van der Waals surface area contributed by atoms with Crippen LogP contribution in [0.4, 0.5) is 0 Å². The number of fused-ring (bicyclic) bond motifs is 1. The van der Waals surface area contributed by atoms with Crippen LogP contribution >= 0.6 is 0 Å². The third-order valence-corrected chi connectivity index (χ3v) is 3.89. The average Bonchev–Trinajstić information content (AvgIpc) is 2.59. The highest BCUT2D eigenvalue weighted by atomic mass is 16.5. The molecule has 2 aromatic carbocycles. The molecule has 1 aliphatic heterocycles. The van der Waals surface area contributed by atoms with Crippen LogP contribution in [0.1, 0.15) is 0 Å². The first kappa shape index (κ1) is 15.3. The zero-order valence-electron chi connectivity index (χ0n) is 12.9. The van der Waals surface area contributed by atoms with Crippen molar-refractivity contribution in [2.24, 2.45) is 0 Å². The summed E-state index contributed by atoms with van der Waals surface area (Å²) in [6, 6.07) is 14.4. The van der Waals surface area contributed by atoms with Gasteiger partial charge in [-0.3, -0.25) is 4.90 Å². The van der Waals surface area contributed by atoms with Gasteiger partial charge < -0.3 is 14.2 Å². The SMILES string of the molecule is c1ccc2c(OCCOCCN3CCOCC3)cccc2c1. The Labute approximate surface area is 131 Å². The second kappa shape index (κ2) is 8.13. The average molecular weight is 301 g/mol. The van der Waals surface area contributed by atoms with Crippen LogP contribution in [0.25, 0.3) is 10.8 Å². The molecule has 3 rings (SSSR count). The molecule has 0 radical (unpaired) electrons. The molecule has 1 aliphatic rings. The van der Waals surface area contributed by atoms with E-state index < -0.39 is 0 Å². The predicted octanol–water partition coefficient (Wildman–Crippen LogP) is 2.57. The van der Waals surface area contributed by atoms with Gasteiger partial charge in [0.2, 0.25) is 0 Å². The molecule has 0 atom stereocenters. The van der Waals surface area contributed by atoms with Crippen LogP contribution in [0, 0.1) is 0 Å². The van der Waals surface area contributed by atoms with Gasteiger partial charge in [0.25, 0.3) is 0 Å². The van der Waals surface area contributed by atoms with E-state index in [4.69, 9.17) is 14.2 Å². The van der Waals surface area contributed by atoms with Crippen molar-refractivity contribution in [3.63, 3.8) is 0 Å². The topological polar surface area (TPSA) is 30.9 Å². The minimum Gasteiger partial charge on any atom is -0.491 e. The van der Waals surface area contributed by atoms with Gasteiger partial charge in [-0.15, -0.1) is 0 Å². The molecule has 4 heteroatoms. The zero-order chi connectivity index (χ0) is 15.0. The fourth-order valence-corrected chi connectivity index (χ4v) is 2.65. The van der Waals surface area contributed by atoms with E-state index in [0.29, 0.717) is 13.2 Å². The first-order valence-electron chi connectivity index (χ1n) is 7.92. The summed E-state index contributed by atoms with van der Waals surface area (Å²) < 4.78 is 16.8. The summed E-state index contributed by atoms with van der Waals surface area (Å²) in [5.74, 6) is 0.926. The van der Waals surface area contributed by atoms with Crippen LogP contribution in [0.2, 0.25) is 0 Å². The standard InChI is InChI=1S/C18H23NO3/c1-2-6-17-16(4-1)5-3-7-18(17)22-15-14-21-13-10-19-8-11-20-12-9-19/h1-7H,8-15H2. The van der Waals surface area contributed by atoms with Gasteiger partial charge in [-0.25, -0.2) is 0 Å². The summed E-state index contributed by atoms with van der Waals surface area (Å²) in [5.41, 5.74) is 0. The lowest BCUT2D eigenvalue weighted by Gasteiger charge is -2.26. The molecule has 22 heavy (non-hydrogen) atoms. The number of nitrogens with zero attached hydrogens (tertiary/aromatic N) is 1. The number of hydrogen-bond donors (Lipinski definition) is 0. The Kier molecular flexibility index (Phi) is 5.65. The summed E-state index contributed by atoms with van der Waals surface area (Å²) in [7, 11) is 0. The Hall–Kier alpha value is -1.62. The first-order valence-corrected chi connectivity index (χ1v) is 7.92. The Morgan fingerprint density at radius 1 is 0.909 bits per heavy atom. The summed E-state index contributed by atoms with van der Waals surface area (Å²) in [4.78, 5) is 2.37. The van der Waals surface area contributed by atoms with Crippen LogP contribution in [0.15, 0.2) is 42.5 Å². The summed E-state index contributed by atoms with van der Waals surface area (Å²) in [5, 5.41) is 2.35. The maximum atomic E-state index is 5.85. The molecule has 0 N–H and O–H groups in total. The van der Waals surface area contributed by atoms with Crippen LogP contribution in [0.3, 0.4) is 0 Å². The van der Waals surface area contributed by atoms with E-state index in [1.165, 1.54) is 5.39 Å². The summed E-state index contributed by atoms with van der Waals surface area (Å²) in [6.07, 6.45) is 0.